The van der Waals surface area contributed by atoms with Crippen molar-refractivity contribution in [3.05, 3.63) is 71.8 Å². The molecule has 4 heteroatoms. The lowest BCUT2D eigenvalue weighted by atomic mass is 9.73. The van der Waals surface area contributed by atoms with Crippen LogP contribution in [0, 0.1) is 0 Å². The highest BCUT2D eigenvalue weighted by atomic mass is 16.2. The average molecular weight is 306 g/mol. The zero-order valence-corrected chi connectivity index (χ0v) is 12.7. The molecule has 0 aliphatic carbocycles. The van der Waals surface area contributed by atoms with E-state index in [1.54, 1.807) is 0 Å². The van der Waals surface area contributed by atoms with Crippen LogP contribution in [-0.2, 0) is 16.1 Å². The summed E-state index contributed by atoms with van der Waals surface area (Å²) in [5.41, 5.74) is 1.43. The summed E-state index contributed by atoms with van der Waals surface area (Å²) in [6, 6.07) is 19.8. The molecule has 1 N–H and O–H groups in total. The van der Waals surface area contributed by atoms with Crippen LogP contribution >= 0.6 is 0 Å². The molecule has 2 aliphatic rings. The van der Waals surface area contributed by atoms with Gasteiger partial charge in [-0.15, -0.1) is 0 Å². The number of hydrogen-bond donors (Lipinski definition) is 1. The third-order valence-electron chi connectivity index (χ3n) is 4.84. The van der Waals surface area contributed by atoms with Crippen molar-refractivity contribution in [3.63, 3.8) is 0 Å². The minimum Gasteiger partial charge on any atom is -0.340 e. The second-order valence-corrected chi connectivity index (χ2v) is 6.25. The van der Waals surface area contributed by atoms with Gasteiger partial charge in [-0.25, -0.2) is 0 Å². The molecule has 2 saturated heterocycles. The van der Waals surface area contributed by atoms with Crippen molar-refractivity contribution >= 4 is 11.8 Å². The Morgan fingerprint density at radius 3 is 2.26 bits per heavy atom. The molecule has 4 nitrogen and oxygen atoms in total. The molecule has 2 aromatic carbocycles. The summed E-state index contributed by atoms with van der Waals surface area (Å²) >= 11 is 0. The van der Waals surface area contributed by atoms with Gasteiger partial charge < -0.3 is 10.2 Å². The van der Waals surface area contributed by atoms with Crippen molar-refractivity contribution in [3.8, 4) is 0 Å². The molecule has 2 fully saturated rings. The minimum atomic E-state index is -0.743. The Balaban J connectivity index is 1.69. The fraction of sp³-hybridized carbons (Fsp3) is 0.263. The Morgan fingerprint density at radius 2 is 1.65 bits per heavy atom. The van der Waals surface area contributed by atoms with Crippen LogP contribution < -0.4 is 5.32 Å². The molecule has 116 valence electrons. The summed E-state index contributed by atoms with van der Waals surface area (Å²) in [7, 11) is 0. The fourth-order valence-electron chi connectivity index (χ4n) is 3.78. The smallest absolute Gasteiger partial charge is 0.251 e. The Hall–Kier alpha value is -2.62. The lowest BCUT2D eigenvalue weighted by Crippen LogP contribution is -2.72. The third kappa shape index (κ3) is 2.13. The minimum absolute atomic E-state index is 0.0288. The number of carbonyl (C=O) groups excluding carboxylic acids is 2. The summed E-state index contributed by atoms with van der Waals surface area (Å²) in [4.78, 5) is 26.5. The van der Waals surface area contributed by atoms with E-state index in [1.165, 1.54) is 0 Å². The van der Waals surface area contributed by atoms with Gasteiger partial charge in [0.2, 0.25) is 5.91 Å². The largest absolute Gasteiger partial charge is 0.340 e. The fourth-order valence-corrected chi connectivity index (χ4v) is 3.78. The van der Waals surface area contributed by atoms with E-state index in [0.717, 1.165) is 11.1 Å². The van der Waals surface area contributed by atoms with Crippen molar-refractivity contribution in [1.29, 1.82) is 0 Å². The van der Waals surface area contributed by atoms with Gasteiger partial charge in [-0.3, -0.25) is 9.59 Å². The van der Waals surface area contributed by atoms with Crippen LogP contribution in [0.5, 0.6) is 0 Å². The molecule has 1 spiro atoms. The normalized spacial score (nSPS) is 26.3. The standard InChI is InChI=1S/C19H18N2O2/c22-16-11-12-19(20-16)17(15-9-5-2-6-10-15)21(18(19)23)13-14-7-3-1-4-8-14/h1-10,17H,11-13H2,(H,20,22). The predicted molar refractivity (Wildman–Crippen MR) is 86.3 cm³/mol. The number of rotatable bonds is 3. The molecule has 2 amide bonds. The zero-order chi connectivity index (χ0) is 15.9. The van der Waals surface area contributed by atoms with E-state index in [9.17, 15) is 9.59 Å². The lowest BCUT2D eigenvalue weighted by Gasteiger charge is -2.54. The number of likely N-dealkylation sites (tertiary alicyclic amines) is 1. The molecule has 2 aromatic rings. The molecule has 2 heterocycles. The molecule has 0 aromatic heterocycles. The van der Waals surface area contributed by atoms with Gasteiger partial charge in [0, 0.05) is 13.0 Å². The van der Waals surface area contributed by atoms with E-state index in [1.807, 2.05) is 65.6 Å². The third-order valence-corrected chi connectivity index (χ3v) is 4.84. The van der Waals surface area contributed by atoms with Crippen LogP contribution in [-0.4, -0.2) is 22.3 Å². The summed E-state index contributed by atoms with van der Waals surface area (Å²) in [6.45, 7) is 0.566. The number of hydrogen-bond acceptors (Lipinski definition) is 2. The maximum absolute atomic E-state index is 12.8. The van der Waals surface area contributed by atoms with Gasteiger partial charge in [-0.2, -0.15) is 0 Å². The molecule has 2 atom stereocenters. The first-order chi connectivity index (χ1) is 11.2. The summed E-state index contributed by atoms with van der Waals surface area (Å²) < 4.78 is 0. The van der Waals surface area contributed by atoms with E-state index >= 15 is 0 Å². The molecule has 0 bridgehead atoms. The summed E-state index contributed by atoms with van der Waals surface area (Å²) in [5.74, 6) is -0.000279. The van der Waals surface area contributed by atoms with Gasteiger partial charge in [-0.1, -0.05) is 60.7 Å². The van der Waals surface area contributed by atoms with Crippen LogP contribution in [0.1, 0.15) is 30.0 Å². The average Bonchev–Trinajstić information content (AvgIpc) is 3.00. The number of carbonyl (C=O) groups is 2. The monoisotopic (exact) mass is 306 g/mol. The molecular formula is C19H18N2O2. The zero-order valence-electron chi connectivity index (χ0n) is 12.7. The van der Waals surface area contributed by atoms with Gasteiger partial charge >= 0.3 is 0 Å². The number of benzene rings is 2. The van der Waals surface area contributed by atoms with Crippen LogP contribution in [0.15, 0.2) is 60.7 Å². The second-order valence-electron chi connectivity index (χ2n) is 6.25. The van der Waals surface area contributed by atoms with Crippen molar-refractivity contribution in [2.24, 2.45) is 0 Å². The lowest BCUT2D eigenvalue weighted by molar-refractivity contribution is -0.165. The Labute approximate surface area is 135 Å². The molecule has 0 radical (unpaired) electrons. The maximum atomic E-state index is 12.8. The molecule has 0 saturated carbocycles. The molecular weight excluding hydrogens is 288 g/mol. The van der Waals surface area contributed by atoms with E-state index in [4.69, 9.17) is 0 Å². The van der Waals surface area contributed by atoms with E-state index in [2.05, 4.69) is 5.32 Å². The quantitative estimate of drug-likeness (QED) is 0.885. The number of amides is 2. The van der Waals surface area contributed by atoms with Gasteiger partial charge in [0.1, 0.15) is 5.54 Å². The summed E-state index contributed by atoms with van der Waals surface area (Å²) in [5, 5.41) is 2.95. The first kappa shape index (κ1) is 14.0. The van der Waals surface area contributed by atoms with Crippen molar-refractivity contribution in [1.82, 2.24) is 10.2 Å². The van der Waals surface area contributed by atoms with E-state index < -0.39 is 5.54 Å². The van der Waals surface area contributed by atoms with Crippen LogP contribution in [0.25, 0.3) is 0 Å². The summed E-state index contributed by atoms with van der Waals surface area (Å²) in [6.07, 6.45) is 1.00. The Bertz CT molecular complexity index is 744. The first-order valence-electron chi connectivity index (χ1n) is 7.92. The molecule has 2 aliphatic heterocycles. The van der Waals surface area contributed by atoms with E-state index in [-0.39, 0.29) is 17.9 Å². The molecule has 2 unspecified atom stereocenters. The topological polar surface area (TPSA) is 49.4 Å². The first-order valence-corrected chi connectivity index (χ1v) is 7.92. The van der Waals surface area contributed by atoms with Crippen molar-refractivity contribution in [2.45, 2.75) is 31.0 Å². The van der Waals surface area contributed by atoms with Gasteiger partial charge in [0.25, 0.3) is 5.91 Å². The second kappa shape index (κ2) is 5.23. The van der Waals surface area contributed by atoms with Gasteiger partial charge in [0.15, 0.2) is 0 Å². The van der Waals surface area contributed by atoms with Crippen molar-refractivity contribution in [2.75, 3.05) is 0 Å². The van der Waals surface area contributed by atoms with Crippen LogP contribution in [0.4, 0.5) is 0 Å². The number of nitrogens with zero attached hydrogens (tertiary/aromatic N) is 1. The predicted octanol–water partition coefficient (Wildman–Crippen LogP) is 2.42. The van der Waals surface area contributed by atoms with Gasteiger partial charge in [0.05, 0.1) is 6.04 Å². The Morgan fingerprint density at radius 1 is 1.00 bits per heavy atom. The SMILES string of the molecule is O=C1CCC2(N1)C(=O)N(Cc1ccccc1)C2c1ccccc1. The highest BCUT2D eigenvalue weighted by Crippen LogP contribution is 2.48. The molecule has 23 heavy (non-hydrogen) atoms. The molecule has 4 rings (SSSR count). The van der Waals surface area contributed by atoms with Crippen LogP contribution in [0.3, 0.4) is 0 Å². The maximum Gasteiger partial charge on any atom is 0.251 e. The van der Waals surface area contributed by atoms with Crippen molar-refractivity contribution < 1.29 is 9.59 Å². The van der Waals surface area contributed by atoms with Crippen LogP contribution in [0.2, 0.25) is 0 Å². The number of β-lactam (4-membered cyclic amide) rings is 1. The highest BCUT2D eigenvalue weighted by molar-refractivity contribution is 6.00. The Kier molecular flexibility index (Phi) is 3.18. The number of nitrogens with one attached hydrogen (secondary N) is 1. The van der Waals surface area contributed by atoms with Gasteiger partial charge in [-0.05, 0) is 17.5 Å². The highest BCUT2D eigenvalue weighted by Gasteiger charge is 2.63. The van der Waals surface area contributed by atoms with E-state index in [0.29, 0.717) is 19.4 Å².